The molecule has 0 fully saturated rings. The van der Waals surface area contributed by atoms with Gasteiger partial charge in [0.15, 0.2) is 0 Å². The minimum Gasteiger partial charge on any atom is -0.347 e. The Bertz CT molecular complexity index is 963. The van der Waals surface area contributed by atoms with Gasteiger partial charge in [0.1, 0.15) is 5.69 Å². The first kappa shape index (κ1) is 17.5. The van der Waals surface area contributed by atoms with Crippen LogP contribution in [0.2, 0.25) is 0 Å². The number of fused-ring (bicyclic) bond motifs is 1. The van der Waals surface area contributed by atoms with Crippen molar-refractivity contribution in [2.24, 2.45) is 0 Å². The highest BCUT2D eigenvalue weighted by Crippen LogP contribution is 2.31. The summed E-state index contributed by atoms with van der Waals surface area (Å²) >= 11 is 0. The lowest BCUT2D eigenvalue weighted by Crippen LogP contribution is -2.24. The number of hydrogen-bond donors (Lipinski definition) is 1. The third kappa shape index (κ3) is 3.77. The Kier molecular flexibility index (Phi) is 5.01. The summed E-state index contributed by atoms with van der Waals surface area (Å²) in [4.78, 5) is 17.5. The summed E-state index contributed by atoms with van der Waals surface area (Å²) in [5.41, 5.74) is 7.53. The van der Waals surface area contributed by atoms with Crippen LogP contribution in [0.5, 0.6) is 0 Å². The lowest BCUT2D eigenvalue weighted by Gasteiger charge is -2.12. The van der Waals surface area contributed by atoms with Crippen LogP contribution in [0.4, 0.5) is 0 Å². The van der Waals surface area contributed by atoms with Gasteiger partial charge in [-0.15, -0.1) is 0 Å². The molecule has 2 aromatic carbocycles. The number of benzene rings is 2. The van der Waals surface area contributed by atoms with Crippen molar-refractivity contribution in [2.45, 2.75) is 39.2 Å². The fourth-order valence-corrected chi connectivity index (χ4v) is 3.77. The van der Waals surface area contributed by atoms with Gasteiger partial charge >= 0.3 is 0 Å². The van der Waals surface area contributed by atoms with E-state index in [9.17, 15) is 4.79 Å². The van der Waals surface area contributed by atoms with Gasteiger partial charge < -0.3 is 5.32 Å². The average Bonchev–Trinajstić information content (AvgIpc) is 3.21. The van der Waals surface area contributed by atoms with Crippen LogP contribution in [0.25, 0.3) is 11.3 Å². The van der Waals surface area contributed by atoms with Crippen LogP contribution in [0.1, 0.15) is 46.1 Å². The molecule has 0 saturated heterocycles. The van der Waals surface area contributed by atoms with E-state index >= 15 is 0 Å². The zero-order valence-corrected chi connectivity index (χ0v) is 15.7. The summed E-state index contributed by atoms with van der Waals surface area (Å²) < 4.78 is 0. The maximum absolute atomic E-state index is 12.8. The van der Waals surface area contributed by atoms with Crippen LogP contribution in [-0.4, -0.2) is 10.9 Å². The smallest absolute Gasteiger partial charge is 0.270 e. The number of carbonyl (C=O) groups excluding carboxylic acids is 1. The summed E-state index contributed by atoms with van der Waals surface area (Å²) in [6.07, 6.45) is 4.19. The van der Waals surface area contributed by atoms with Crippen molar-refractivity contribution in [1.82, 2.24) is 10.3 Å². The van der Waals surface area contributed by atoms with E-state index in [4.69, 9.17) is 4.98 Å². The maximum atomic E-state index is 12.8. The number of amides is 1. The fraction of sp³-hybridized carbons (Fsp3) is 0.250. The van der Waals surface area contributed by atoms with Crippen molar-refractivity contribution >= 4 is 5.91 Å². The van der Waals surface area contributed by atoms with Gasteiger partial charge in [-0.1, -0.05) is 61.5 Å². The lowest BCUT2D eigenvalue weighted by molar-refractivity contribution is 0.0946. The van der Waals surface area contributed by atoms with Crippen molar-refractivity contribution in [3.8, 4) is 11.3 Å². The Morgan fingerprint density at radius 1 is 1.00 bits per heavy atom. The molecule has 0 unspecified atom stereocenters. The summed E-state index contributed by atoms with van der Waals surface area (Å²) in [6.45, 7) is 2.66. The van der Waals surface area contributed by atoms with Crippen molar-refractivity contribution in [1.29, 1.82) is 0 Å². The molecule has 0 bridgehead atoms. The average molecular weight is 356 g/mol. The highest BCUT2D eigenvalue weighted by atomic mass is 16.1. The maximum Gasteiger partial charge on any atom is 0.270 e. The molecule has 27 heavy (non-hydrogen) atoms. The number of nitrogens with one attached hydrogen (secondary N) is 1. The van der Waals surface area contributed by atoms with Crippen molar-refractivity contribution in [2.75, 3.05) is 0 Å². The summed E-state index contributed by atoms with van der Waals surface area (Å²) in [7, 11) is 0. The molecule has 4 rings (SSSR count). The van der Waals surface area contributed by atoms with Gasteiger partial charge in [-0.3, -0.25) is 4.79 Å². The van der Waals surface area contributed by atoms with Gasteiger partial charge in [0.2, 0.25) is 0 Å². The SMILES string of the molecule is CCc1cccc(CNC(=O)c2cc3c(c(-c4ccccc4)n2)CCC3)c1. The Morgan fingerprint density at radius 3 is 2.63 bits per heavy atom. The van der Waals surface area contributed by atoms with Crippen molar-refractivity contribution in [3.63, 3.8) is 0 Å². The number of carbonyl (C=O) groups is 1. The zero-order chi connectivity index (χ0) is 18.6. The molecule has 1 aromatic heterocycles. The van der Waals surface area contributed by atoms with Gasteiger partial charge in [0.25, 0.3) is 5.91 Å². The highest BCUT2D eigenvalue weighted by molar-refractivity contribution is 5.93. The van der Waals surface area contributed by atoms with Crippen LogP contribution < -0.4 is 5.32 Å². The Labute approximate surface area is 160 Å². The molecule has 0 atom stereocenters. The predicted molar refractivity (Wildman–Crippen MR) is 109 cm³/mol. The highest BCUT2D eigenvalue weighted by Gasteiger charge is 2.21. The Morgan fingerprint density at radius 2 is 1.81 bits per heavy atom. The van der Waals surface area contributed by atoms with Gasteiger partial charge in [-0.25, -0.2) is 4.98 Å². The van der Waals surface area contributed by atoms with Crippen LogP contribution >= 0.6 is 0 Å². The molecule has 136 valence electrons. The molecule has 0 saturated carbocycles. The molecule has 1 heterocycles. The van der Waals surface area contributed by atoms with Gasteiger partial charge in [-0.05, 0) is 54.0 Å². The Hall–Kier alpha value is -2.94. The van der Waals surface area contributed by atoms with Crippen LogP contribution in [0, 0.1) is 0 Å². The van der Waals surface area contributed by atoms with E-state index < -0.39 is 0 Å². The third-order valence-corrected chi connectivity index (χ3v) is 5.22. The van der Waals surface area contributed by atoms with E-state index in [-0.39, 0.29) is 5.91 Å². The lowest BCUT2D eigenvalue weighted by atomic mass is 10.0. The van der Waals surface area contributed by atoms with Crippen molar-refractivity contribution in [3.05, 3.63) is 88.6 Å². The van der Waals surface area contributed by atoms with E-state index in [1.165, 1.54) is 16.7 Å². The van der Waals surface area contributed by atoms with Gasteiger partial charge in [-0.2, -0.15) is 0 Å². The van der Waals surface area contributed by atoms with E-state index in [0.717, 1.165) is 42.5 Å². The normalized spacial score (nSPS) is 12.6. The Balaban J connectivity index is 1.59. The summed E-state index contributed by atoms with van der Waals surface area (Å²) in [5, 5.41) is 3.03. The van der Waals surface area contributed by atoms with Gasteiger partial charge in [0.05, 0.1) is 5.69 Å². The number of rotatable bonds is 5. The molecule has 1 aliphatic carbocycles. The molecule has 1 amide bonds. The first-order valence-corrected chi connectivity index (χ1v) is 9.69. The molecule has 3 nitrogen and oxygen atoms in total. The second-order valence-corrected chi connectivity index (χ2v) is 7.07. The van der Waals surface area contributed by atoms with Gasteiger partial charge in [0, 0.05) is 12.1 Å². The second-order valence-electron chi connectivity index (χ2n) is 7.07. The third-order valence-electron chi connectivity index (χ3n) is 5.22. The van der Waals surface area contributed by atoms with E-state index in [2.05, 4.69) is 36.5 Å². The minimum absolute atomic E-state index is 0.108. The minimum atomic E-state index is -0.108. The number of pyridine rings is 1. The summed E-state index contributed by atoms with van der Waals surface area (Å²) in [6, 6.07) is 20.5. The number of nitrogens with zero attached hydrogens (tertiary/aromatic N) is 1. The molecular weight excluding hydrogens is 332 g/mol. The van der Waals surface area contributed by atoms with Crippen LogP contribution in [-0.2, 0) is 25.8 Å². The first-order valence-electron chi connectivity index (χ1n) is 9.69. The molecule has 1 N–H and O–H groups in total. The van der Waals surface area contributed by atoms with Crippen LogP contribution in [0.3, 0.4) is 0 Å². The molecule has 3 heteroatoms. The molecule has 3 aromatic rings. The largest absolute Gasteiger partial charge is 0.347 e. The van der Waals surface area contributed by atoms with Crippen molar-refractivity contribution < 1.29 is 4.79 Å². The topological polar surface area (TPSA) is 42.0 Å². The van der Waals surface area contributed by atoms with Crippen LogP contribution in [0.15, 0.2) is 60.7 Å². The monoisotopic (exact) mass is 356 g/mol. The fourth-order valence-electron chi connectivity index (χ4n) is 3.77. The number of hydrogen-bond acceptors (Lipinski definition) is 2. The predicted octanol–water partition coefficient (Wildman–Crippen LogP) is 4.73. The van der Waals surface area contributed by atoms with E-state index in [1.54, 1.807) is 0 Å². The molecule has 0 spiro atoms. The van der Waals surface area contributed by atoms with E-state index in [0.29, 0.717) is 12.2 Å². The van der Waals surface area contributed by atoms with E-state index in [1.807, 2.05) is 36.4 Å². The molecular formula is C24H24N2O. The number of aromatic nitrogens is 1. The molecule has 0 aliphatic heterocycles. The standard InChI is InChI=1S/C24H24N2O/c1-2-17-8-6-9-18(14-17)16-25-24(27)22-15-20-12-7-13-21(20)23(26-22)19-10-4-3-5-11-19/h3-6,8-11,14-15H,2,7,12-13,16H2,1H3,(H,25,27). The number of aryl methyl sites for hydroxylation is 2. The second kappa shape index (κ2) is 7.75. The molecule has 0 radical (unpaired) electrons. The zero-order valence-electron chi connectivity index (χ0n) is 15.7. The first-order chi connectivity index (χ1) is 13.2. The quantitative estimate of drug-likeness (QED) is 0.718. The summed E-state index contributed by atoms with van der Waals surface area (Å²) in [5.74, 6) is -0.108. The molecule has 1 aliphatic rings.